The van der Waals surface area contributed by atoms with Gasteiger partial charge >= 0.3 is 6.09 Å². The van der Waals surface area contributed by atoms with Crippen molar-refractivity contribution < 1.29 is 23.9 Å². The molecule has 1 N–H and O–H groups in total. The second-order valence-electron chi connectivity index (χ2n) is 7.48. The molecule has 0 aromatic rings. The molecular weight excluding hydrogens is 324 g/mol. The predicted octanol–water partition coefficient (Wildman–Crippen LogP) is 2.40. The van der Waals surface area contributed by atoms with Crippen LogP contribution >= 0.6 is 0 Å². The number of methoxy groups -OCH3 is 1. The first-order valence-corrected chi connectivity index (χ1v) is 8.52. The highest BCUT2D eigenvalue weighted by atomic mass is 16.6. The summed E-state index contributed by atoms with van der Waals surface area (Å²) in [5.41, 5.74) is -1.48. The van der Waals surface area contributed by atoms with Crippen LogP contribution in [0.1, 0.15) is 54.4 Å². The molecule has 0 saturated carbocycles. The molecule has 0 aromatic heterocycles. The molecule has 7 nitrogen and oxygen atoms in total. The number of nitrogens with one attached hydrogen (secondary N) is 1. The molecule has 0 radical (unpaired) electrons. The summed E-state index contributed by atoms with van der Waals surface area (Å²) in [4.78, 5) is 37.6. The van der Waals surface area contributed by atoms with E-state index in [1.165, 1.54) is 13.0 Å². The third kappa shape index (κ3) is 5.29. The summed E-state index contributed by atoms with van der Waals surface area (Å²) in [6.07, 6.45) is 3.66. The minimum absolute atomic E-state index is 0.263. The van der Waals surface area contributed by atoms with Gasteiger partial charge in [-0.3, -0.25) is 9.59 Å². The van der Waals surface area contributed by atoms with Gasteiger partial charge in [0.15, 0.2) is 0 Å². The summed E-state index contributed by atoms with van der Waals surface area (Å²) in [7, 11) is 1.56. The lowest BCUT2D eigenvalue weighted by molar-refractivity contribution is -0.131. The Hall–Kier alpha value is -1.89. The van der Waals surface area contributed by atoms with Crippen molar-refractivity contribution in [3.05, 3.63) is 12.2 Å². The van der Waals surface area contributed by atoms with E-state index in [4.69, 9.17) is 9.47 Å². The van der Waals surface area contributed by atoms with Crippen LogP contribution in [0, 0.1) is 0 Å². The summed E-state index contributed by atoms with van der Waals surface area (Å²) < 4.78 is 11.0. The molecule has 3 unspecified atom stereocenters. The second-order valence-corrected chi connectivity index (χ2v) is 7.48. The van der Waals surface area contributed by atoms with Crippen molar-refractivity contribution >= 4 is 17.9 Å². The summed E-state index contributed by atoms with van der Waals surface area (Å²) in [5.74, 6) is -0.731. The maximum Gasteiger partial charge on any atom is 0.417 e. The van der Waals surface area contributed by atoms with Gasteiger partial charge in [0, 0.05) is 20.1 Å². The first kappa shape index (κ1) is 21.2. The highest BCUT2D eigenvalue weighted by Gasteiger charge is 2.47. The topological polar surface area (TPSA) is 84.9 Å². The number of imide groups is 1. The average molecular weight is 354 g/mol. The fourth-order valence-corrected chi connectivity index (χ4v) is 2.98. The van der Waals surface area contributed by atoms with Crippen LogP contribution in [0.5, 0.6) is 0 Å². The lowest BCUT2D eigenvalue weighted by Gasteiger charge is -2.42. The zero-order valence-electron chi connectivity index (χ0n) is 16.2. The monoisotopic (exact) mass is 354 g/mol. The number of carbonyl (C=O) groups is 3. The Morgan fingerprint density at radius 1 is 1.32 bits per heavy atom. The van der Waals surface area contributed by atoms with Gasteiger partial charge in [-0.1, -0.05) is 19.4 Å². The van der Waals surface area contributed by atoms with Crippen LogP contribution in [0.3, 0.4) is 0 Å². The van der Waals surface area contributed by atoms with Crippen molar-refractivity contribution in [3.8, 4) is 0 Å². The maximum atomic E-state index is 12.5. The third-order valence-electron chi connectivity index (χ3n) is 4.13. The lowest BCUT2D eigenvalue weighted by Crippen LogP contribution is -2.62. The van der Waals surface area contributed by atoms with Gasteiger partial charge in [0.05, 0.1) is 17.7 Å². The molecule has 0 aliphatic carbocycles. The number of hydrogen-bond donors (Lipinski definition) is 1. The molecule has 7 heteroatoms. The molecule has 0 fully saturated rings. The van der Waals surface area contributed by atoms with Gasteiger partial charge in [-0.15, -0.1) is 0 Å². The van der Waals surface area contributed by atoms with Crippen molar-refractivity contribution in [2.75, 3.05) is 7.11 Å². The summed E-state index contributed by atoms with van der Waals surface area (Å²) in [6, 6.07) is -1.27. The molecule has 1 heterocycles. The largest absolute Gasteiger partial charge is 0.443 e. The Morgan fingerprint density at radius 2 is 1.92 bits per heavy atom. The van der Waals surface area contributed by atoms with E-state index in [1.807, 2.05) is 13.8 Å². The summed E-state index contributed by atoms with van der Waals surface area (Å²) in [5, 5.41) is 2.85. The number of nitrogens with zero attached hydrogens (tertiary/aromatic N) is 1. The first-order valence-electron chi connectivity index (χ1n) is 8.52. The number of carbonyl (C=O) groups excluding carboxylic acids is 3. The van der Waals surface area contributed by atoms with Crippen LogP contribution in [-0.4, -0.2) is 53.2 Å². The van der Waals surface area contributed by atoms with Crippen LogP contribution in [0.25, 0.3) is 0 Å². The van der Waals surface area contributed by atoms with Crippen LogP contribution in [-0.2, 0) is 19.1 Å². The van der Waals surface area contributed by atoms with Gasteiger partial charge in [-0.05, 0) is 34.1 Å². The molecule has 1 rings (SSSR count). The molecule has 0 spiro atoms. The molecule has 1 aliphatic rings. The first-order chi connectivity index (χ1) is 11.4. The van der Waals surface area contributed by atoms with Crippen molar-refractivity contribution in [2.24, 2.45) is 0 Å². The summed E-state index contributed by atoms with van der Waals surface area (Å²) in [6.45, 7) is 10.5. The van der Waals surface area contributed by atoms with E-state index < -0.39 is 35.3 Å². The van der Waals surface area contributed by atoms with Crippen molar-refractivity contribution in [1.29, 1.82) is 0 Å². The molecule has 0 saturated heterocycles. The summed E-state index contributed by atoms with van der Waals surface area (Å²) >= 11 is 0. The van der Waals surface area contributed by atoms with Crippen LogP contribution in [0.15, 0.2) is 12.2 Å². The highest BCUT2D eigenvalue weighted by Crippen LogP contribution is 2.30. The van der Waals surface area contributed by atoms with E-state index in [1.54, 1.807) is 34.0 Å². The number of hydrogen-bond acceptors (Lipinski definition) is 5. The second kappa shape index (κ2) is 7.99. The van der Waals surface area contributed by atoms with Gasteiger partial charge in [0.2, 0.25) is 5.91 Å². The minimum Gasteiger partial charge on any atom is -0.443 e. The van der Waals surface area contributed by atoms with E-state index in [2.05, 4.69) is 5.32 Å². The minimum atomic E-state index is -0.750. The number of amides is 3. The Morgan fingerprint density at radius 3 is 2.36 bits per heavy atom. The molecule has 1 aliphatic heterocycles. The van der Waals surface area contributed by atoms with Gasteiger partial charge in [-0.2, -0.15) is 0 Å². The van der Waals surface area contributed by atoms with E-state index in [9.17, 15) is 14.4 Å². The third-order valence-corrected chi connectivity index (χ3v) is 4.13. The van der Waals surface area contributed by atoms with E-state index >= 15 is 0 Å². The van der Waals surface area contributed by atoms with Gasteiger partial charge in [0.1, 0.15) is 5.60 Å². The fourth-order valence-electron chi connectivity index (χ4n) is 2.98. The fraction of sp³-hybridized carbons (Fsp3) is 0.722. The Kier molecular flexibility index (Phi) is 6.76. The van der Waals surface area contributed by atoms with E-state index in [0.717, 1.165) is 11.3 Å². The molecule has 142 valence electrons. The molecule has 3 atom stereocenters. The molecule has 25 heavy (non-hydrogen) atoms. The van der Waals surface area contributed by atoms with Crippen molar-refractivity contribution in [3.63, 3.8) is 0 Å². The Balaban J connectivity index is 3.22. The number of ether oxygens (including phenoxy) is 2. The molecule has 0 aromatic carbocycles. The standard InChI is InChI=1S/C18H30N2O5/c1-8-11-18(6,24-7)15(19-12(2)21)13-9-10-14(22)20(13)16(23)25-17(3,4)5/h9-10,13,15H,8,11H2,1-7H3,(H,19,21). The van der Waals surface area contributed by atoms with Gasteiger partial charge in [0.25, 0.3) is 5.91 Å². The highest BCUT2D eigenvalue weighted by molar-refractivity contribution is 6.01. The van der Waals surface area contributed by atoms with Gasteiger partial charge < -0.3 is 14.8 Å². The van der Waals surface area contributed by atoms with Crippen LogP contribution in [0.2, 0.25) is 0 Å². The van der Waals surface area contributed by atoms with Crippen molar-refractivity contribution in [2.45, 2.75) is 77.7 Å². The molecular formula is C18H30N2O5. The molecule has 3 amide bonds. The van der Waals surface area contributed by atoms with E-state index in [0.29, 0.717) is 6.42 Å². The van der Waals surface area contributed by atoms with Crippen molar-refractivity contribution in [1.82, 2.24) is 10.2 Å². The van der Waals surface area contributed by atoms with Crippen LogP contribution in [0.4, 0.5) is 4.79 Å². The Labute approximate surface area is 149 Å². The maximum absolute atomic E-state index is 12.5. The van der Waals surface area contributed by atoms with Crippen LogP contribution < -0.4 is 5.32 Å². The normalized spacial score (nSPS) is 21.0. The SMILES string of the molecule is CCCC(C)(OC)C(NC(C)=O)C1C=CC(=O)N1C(=O)OC(C)(C)C. The lowest BCUT2D eigenvalue weighted by atomic mass is 9.85. The zero-order chi connectivity index (χ0) is 19.4. The van der Waals surface area contributed by atoms with Gasteiger partial charge in [-0.25, -0.2) is 9.69 Å². The Bertz CT molecular complexity index is 552. The molecule has 0 bridgehead atoms. The zero-order valence-corrected chi connectivity index (χ0v) is 16.2. The quantitative estimate of drug-likeness (QED) is 0.792. The smallest absolute Gasteiger partial charge is 0.417 e. The predicted molar refractivity (Wildman–Crippen MR) is 93.9 cm³/mol. The number of rotatable bonds is 6. The van der Waals surface area contributed by atoms with E-state index in [-0.39, 0.29) is 5.91 Å². The average Bonchev–Trinajstić information content (AvgIpc) is 2.84.